The number of nitrogens with one attached hydrogen (secondary N) is 1. The van der Waals surface area contributed by atoms with Crippen molar-refractivity contribution in [3.8, 4) is 0 Å². The van der Waals surface area contributed by atoms with Gasteiger partial charge in [-0.05, 0) is 24.7 Å². The summed E-state index contributed by atoms with van der Waals surface area (Å²) in [5, 5.41) is 0. The van der Waals surface area contributed by atoms with E-state index in [1.807, 2.05) is 6.08 Å². The van der Waals surface area contributed by atoms with Gasteiger partial charge in [-0.25, -0.2) is 0 Å². The molecule has 0 aromatic carbocycles. The van der Waals surface area contributed by atoms with Crippen LogP contribution in [0, 0.1) is 11.8 Å². The van der Waals surface area contributed by atoms with E-state index in [0.717, 1.165) is 5.92 Å². The Morgan fingerprint density at radius 2 is 2.36 bits per heavy atom. The minimum absolute atomic E-state index is 0.319. The highest BCUT2D eigenvalue weighted by Gasteiger charge is 2.25. The zero-order chi connectivity index (χ0) is 8.27. The molecular formula is C9H18N2. The van der Waals surface area contributed by atoms with Crippen molar-refractivity contribution in [3.63, 3.8) is 0 Å². The van der Waals surface area contributed by atoms with E-state index in [9.17, 15) is 0 Å². The average Bonchev–Trinajstić information content (AvgIpc) is 2.39. The summed E-state index contributed by atoms with van der Waals surface area (Å²) < 4.78 is 0. The minimum atomic E-state index is 0.319. The second kappa shape index (κ2) is 3.88. The summed E-state index contributed by atoms with van der Waals surface area (Å²) in [7, 11) is 0. The van der Waals surface area contributed by atoms with Gasteiger partial charge >= 0.3 is 0 Å². The van der Waals surface area contributed by atoms with Gasteiger partial charge in [0.15, 0.2) is 0 Å². The molecule has 3 unspecified atom stereocenters. The Labute approximate surface area is 68.8 Å². The lowest BCUT2D eigenvalue weighted by atomic mass is 9.98. The highest BCUT2D eigenvalue weighted by molar-refractivity contribution is 4.92. The lowest BCUT2D eigenvalue weighted by Gasteiger charge is -2.18. The molecule has 0 aromatic rings. The van der Waals surface area contributed by atoms with Crippen molar-refractivity contribution in [2.45, 2.75) is 32.2 Å². The van der Waals surface area contributed by atoms with Crippen molar-refractivity contribution >= 4 is 0 Å². The average molecular weight is 154 g/mol. The normalized spacial score (nSPS) is 33.6. The predicted octanol–water partition coefficient (Wildman–Crippen LogP) is 1.44. The highest BCUT2D eigenvalue weighted by atomic mass is 15.2. The maximum atomic E-state index is 5.39. The minimum Gasteiger partial charge on any atom is -0.271 e. The van der Waals surface area contributed by atoms with Crippen LogP contribution in [0.1, 0.15) is 26.2 Å². The largest absolute Gasteiger partial charge is 0.271 e. The van der Waals surface area contributed by atoms with Crippen molar-refractivity contribution in [3.05, 3.63) is 12.7 Å². The van der Waals surface area contributed by atoms with Crippen LogP contribution in [-0.2, 0) is 0 Å². The topological polar surface area (TPSA) is 38.0 Å². The van der Waals surface area contributed by atoms with Gasteiger partial charge in [-0.3, -0.25) is 11.3 Å². The van der Waals surface area contributed by atoms with Gasteiger partial charge in [0.1, 0.15) is 0 Å². The molecule has 0 saturated heterocycles. The molecule has 3 atom stereocenters. The van der Waals surface area contributed by atoms with E-state index in [1.54, 1.807) is 0 Å². The fourth-order valence-corrected chi connectivity index (χ4v) is 1.97. The lowest BCUT2D eigenvalue weighted by Crippen LogP contribution is -2.38. The summed E-state index contributed by atoms with van der Waals surface area (Å²) >= 11 is 0. The SMILES string of the molecule is C=CC(NN)C1CCC(C)C1. The summed E-state index contributed by atoms with van der Waals surface area (Å²) in [5.41, 5.74) is 2.80. The summed E-state index contributed by atoms with van der Waals surface area (Å²) in [5.74, 6) is 6.97. The molecule has 3 N–H and O–H groups in total. The van der Waals surface area contributed by atoms with Crippen molar-refractivity contribution in [2.24, 2.45) is 17.7 Å². The Kier molecular flexibility index (Phi) is 3.09. The Morgan fingerprint density at radius 1 is 1.64 bits per heavy atom. The van der Waals surface area contributed by atoms with Crippen LogP contribution >= 0.6 is 0 Å². The van der Waals surface area contributed by atoms with Crippen LogP contribution < -0.4 is 11.3 Å². The molecule has 1 fully saturated rings. The molecule has 11 heavy (non-hydrogen) atoms. The number of hydrogen-bond acceptors (Lipinski definition) is 2. The molecule has 2 heteroatoms. The molecule has 2 nitrogen and oxygen atoms in total. The molecule has 1 aliphatic rings. The van der Waals surface area contributed by atoms with Crippen LogP contribution in [0.25, 0.3) is 0 Å². The van der Waals surface area contributed by atoms with Crippen LogP contribution in [0.5, 0.6) is 0 Å². The van der Waals surface area contributed by atoms with Crippen LogP contribution in [0.15, 0.2) is 12.7 Å². The van der Waals surface area contributed by atoms with Crippen LogP contribution in [0.2, 0.25) is 0 Å². The first-order chi connectivity index (χ1) is 5.27. The van der Waals surface area contributed by atoms with E-state index in [1.165, 1.54) is 19.3 Å². The fraction of sp³-hybridized carbons (Fsp3) is 0.778. The van der Waals surface area contributed by atoms with Gasteiger partial charge in [-0.15, -0.1) is 6.58 Å². The third kappa shape index (κ3) is 2.04. The van der Waals surface area contributed by atoms with Crippen molar-refractivity contribution in [1.29, 1.82) is 0 Å². The Bertz CT molecular complexity index is 134. The van der Waals surface area contributed by atoms with Crippen LogP contribution in [-0.4, -0.2) is 6.04 Å². The third-order valence-electron chi connectivity index (χ3n) is 2.69. The van der Waals surface area contributed by atoms with Gasteiger partial charge < -0.3 is 0 Å². The van der Waals surface area contributed by atoms with E-state index in [2.05, 4.69) is 18.9 Å². The van der Waals surface area contributed by atoms with E-state index in [4.69, 9.17) is 5.84 Å². The summed E-state index contributed by atoms with van der Waals surface area (Å²) in [4.78, 5) is 0. The first-order valence-corrected chi connectivity index (χ1v) is 4.36. The quantitative estimate of drug-likeness (QED) is 0.367. The van der Waals surface area contributed by atoms with Crippen LogP contribution in [0.3, 0.4) is 0 Å². The number of rotatable bonds is 3. The second-order valence-electron chi connectivity index (χ2n) is 3.61. The first kappa shape index (κ1) is 8.75. The van der Waals surface area contributed by atoms with Gasteiger partial charge in [0.05, 0.1) is 0 Å². The third-order valence-corrected chi connectivity index (χ3v) is 2.69. The maximum absolute atomic E-state index is 5.39. The number of hydrazine groups is 1. The van der Waals surface area contributed by atoms with Crippen molar-refractivity contribution < 1.29 is 0 Å². The lowest BCUT2D eigenvalue weighted by molar-refractivity contribution is 0.409. The number of hydrogen-bond donors (Lipinski definition) is 2. The Balaban J connectivity index is 2.40. The molecule has 1 saturated carbocycles. The molecule has 64 valence electrons. The van der Waals surface area contributed by atoms with Gasteiger partial charge in [-0.1, -0.05) is 19.4 Å². The van der Waals surface area contributed by atoms with Crippen molar-refractivity contribution in [1.82, 2.24) is 5.43 Å². The van der Waals surface area contributed by atoms with E-state index in [0.29, 0.717) is 12.0 Å². The predicted molar refractivity (Wildman–Crippen MR) is 47.8 cm³/mol. The molecular weight excluding hydrogens is 136 g/mol. The van der Waals surface area contributed by atoms with Gasteiger partial charge in [-0.2, -0.15) is 0 Å². The summed E-state index contributed by atoms with van der Waals surface area (Å²) in [6.45, 7) is 6.06. The summed E-state index contributed by atoms with van der Waals surface area (Å²) in [6.07, 6.45) is 5.85. The molecule has 0 radical (unpaired) electrons. The fourth-order valence-electron chi connectivity index (χ4n) is 1.97. The monoisotopic (exact) mass is 154 g/mol. The Hall–Kier alpha value is -0.340. The van der Waals surface area contributed by atoms with Gasteiger partial charge in [0, 0.05) is 6.04 Å². The summed E-state index contributed by atoms with van der Waals surface area (Å²) in [6, 6.07) is 0.319. The second-order valence-corrected chi connectivity index (χ2v) is 3.61. The maximum Gasteiger partial charge on any atom is 0.0416 e. The molecule has 1 rings (SSSR count). The Morgan fingerprint density at radius 3 is 2.73 bits per heavy atom. The van der Waals surface area contributed by atoms with E-state index < -0.39 is 0 Å². The van der Waals surface area contributed by atoms with Crippen LogP contribution in [0.4, 0.5) is 0 Å². The van der Waals surface area contributed by atoms with E-state index in [-0.39, 0.29) is 0 Å². The van der Waals surface area contributed by atoms with Crippen molar-refractivity contribution in [2.75, 3.05) is 0 Å². The number of nitrogens with two attached hydrogens (primary N) is 1. The molecule has 0 heterocycles. The standard InChI is InChI=1S/C9H18N2/c1-3-9(11-10)8-5-4-7(2)6-8/h3,7-9,11H,1,4-6,10H2,2H3. The first-order valence-electron chi connectivity index (χ1n) is 4.36. The zero-order valence-electron chi connectivity index (χ0n) is 7.22. The van der Waals surface area contributed by atoms with Gasteiger partial charge in [0.2, 0.25) is 0 Å². The molecule has 1 aliphatic carbocycles. The molecule has 0 aliphatic heterocycles. The molecule has 0 amide bonds. The van der Waals surface area contributed by atoms with E-state index >= 15 is 0 Å². The zero-order valence-corrected chi connectivity index (χ0v) is 7.22. The molecule has 0 aromatic heterocycles. The molecule has 0 bridgehead atoms. The molecule has 0 spiro atoms. The van der Waals surface area contributed by atoms with Gasteiger partial charge in [0.25, 0.3) is 0 Å². The smallest absolute Gasteiger partial charge is 0.0416 e. The highest BCUT2D eigenvalue weighted by Crippen LogP contribution is 2.32.